The normalized spacial score (nSPS) is 11.9. The van der Waals surface area contributed by atoms with Crippen molar-refractivity contribution >= 4 is 18.9 Å². The molecule has 68 valence electrons. The molecule has 0 aliphatic heterocycles. The van der Waals surface area contributed by atoms with Crippen molar-refractivity contribution in [1.82, 2.24) is 4.98 Å². The predicted octanol–water partition coefficient (Wildman–Crippen LogP) is 0.313. The van der Waals surface area contributed by atoms with Crippen molar-refractivity contribution < 1.29 is 19.5 Å². The first-order valence-electron chi connectivity index (χ1n) is 3.10. The molecule has 1 aromatic heterocycles. The Morgan fingerprint density at radius 3 is 2.67 bits per heavy atom. The fraction of sp³-hybridized carbons (Fsp3) is 0.400. The second-order valence-corrected chi connectivity index (χ2v) is 4.80. The molecule has 0 aromatic carbocycles. The average Bonchev–Trinajstić information content (AvgIpc) is 2.32. The number of aliphatic hydroxyl groups is 1. The van der Waals surface area contributed by atoms with Crippen LogP contribution in [0.25, 0.3) is 0 Å². The standard InChI is InChI=1S/C5H8NO4PS/c7-1-5-6-4(3-12-5)2-11(8,9)10/h3,7H,1-2H2,(H2,8,9,10). The molecule has 5 nitrogen and oxygen atoms in total. The Balaban J connectivity index is 2.71. The highest BCUT2D eigenvalue weighted by atomic mass is 32.1. The van der Waals surface area contributed by atoms with Crippen LogP contribution in [-0.2, 0) is 17.3 Å². The molecule has 0 radical (unpaired) electrons. The van der Waals surface area contributed by atoms with Crippen LogP contribution in [0.3, 0.4) is 0 Å². The molecule has 0 saturated carbocycles. The fourth-order valence-electron chi connectivity index (χ4n) is 0.705. The van der Waals surface area contributed by atoms with Crippen molar-refractivity contribution in [3.63, 3.8) is 0 Å². The van der Waals surface area contributed by atoms with E-state index >= 15 is 0 Å². The van der Waals surface area contributed by atoms with E-state index in [2.05, 4.69) is 4.98 Å². The van der Waals surface area contributed by atoms with Crippen molar-refractivity contribution in [3.05, 3.63) is 16.1 Å². The average molecular weight is 209 g/mol. The third-order valence-corrected chi connectivity index (χ3v) is 2.72. The molecule has 1 aromatic rings. The molecule has 1 heterocycles. The van der Waals surface area contributed by atoms with Crippen LogP contribution in [0.2, 0.25) is 0 Å². The van der Waals surface area contributed by atoms with Crippen LogP contribution in [0.15, 0.2) is 5.38 Å². The SMILES string of the molecule is O=P(O)(O)Cc1csc(CO)n1. The summed E-state index contributed by atoms with van der Waals surface area (Å²) in [5, 5.41) is 10.6. The van der Waals surface area contributed by atoms with E-state index in [1.165, 1.54) is 16.7 Å². The lowest BCUT2D eigenvalue weighted by Gasteiger charge is -1.98. The minimum Gasteiger partial charge on any atom is -0.389 e. The summed E-state index contributed by atoms with van der Waals surface area (Å²) in [6, 6.07) is 0. The van der Waals surface area contributed by atoms with Crippen LogP contribution in [0.4, 0.5) is 0 Å². The zero-order valence-electron chi connectivity index (χ0n) is 6.04. The van der Waals surface area contributed by atoms with Gasteiger partial charge in [-0.05, 0) is 0 Å². The molecule has 0 unspecified atom stereocenters. The number of thiazole rings is 1. The molecule has 0 aliphatic carbocycles. The van der Waals surface area contributed by atoms with Gasteiger partial charge in [0, 0.05) is 5.38 Å². The molecule has 7 heteroatoms. The highest BCUT2D eigenvalue weighted by Crippen LogP contribution is 2.38. The zero-order valence-corrected chi connectivity index (χ0v) is 7.76. The summed E-state index contributed by atoms with van der Waals surface area (Å²) in [6.45, 7) is -0.189. The second kappa shape index (κ2) is 3.64. The van der Waals surface area contributed by atoms with Gasteiger partial charge in [-0.3, -0.25) is 4.57 Å². The number of aliphatic hydroxyl groups excluding tert-OH is 1. The molecule has 12 heavy (non-hydrogen) atoms. The minimum atomic E-state index is -4.02. The van der Waals surface area contributed by atoms with Gasteiger partial charge < -0.3 is 14.9 Å². The summed E-state index contributed by atoms with van der Waals surface area (Å²) >= 11 is 1.19. The molecule has 0 spiro atoms. The van der Waals surface area contributed by atoms with Gasteiger partial charge >= 0.3 is 7.60 Å². The highest BCUT2D eigenvalue weighted by Gasteiger charge is 2.15. The van der Waals surface area contributed by atoms with E-state index in [4.69, 9.17) is 14.9 Å². The maximum Gasteiger partial charge on any atom is 0.331 e. The van der Waals surface area contributed by atoms with Gasteiger partial charge in [-0.15, -0.1) is 11.3 Å². The maximum absolute atomic E-state index is 10.5. The summed E-state index contributed by atoms with van der Waals surface area (Å²) < 4.78 is 10.5. The van der Waals surface area contributed by atoms with Gasteiger partial charge in [0.2, 0.25) is 0 Å². The van der Waals surface area contributed by atoms with Crippen molar-refractivity contribution in [2.45, 2.75) is 12.8 Å². The Hall–Kier alpha value is -0.260. The number of hydrogen-bond acceptors (Lipinski definition) is 4. The van der Waals surface area contributed by atoms with Crippen LogP contribution in [0.5, 0.6) is 0 Å². The van der Waals surface area contributed by atoms with E-state index < -0.39 is 7.60 Å². The van der Waals surface area contributed by atoms with Crippen LogP contribution >= 0.6 is 18.9 Å². The number of rotatable bonds is 3. The van der Waals surface area contributed by atoms with Crippen molar-refractivity contribution in [1.29, 1.82) is 0 Å². The topological polar surface area (TPSA) is 90.7 Å². The van der Waals surface area contributed by atoms with E-state index in [9.17, 15) is 4.57 Å². The third kappa shape index (κ3) is 3.00. The molecule has 0 bridgehead atoms. The van der Waals surface area contributed by atoms with E-state index in [1.807, 2.05) is 0 Å². The first-order chi connectivity index (χ1) is 5.51. The zero-order chi connectivity index (χ0) is 9.19. The van der Waals surface area contributed by atoms with Crippen molar-refractivity contribution in [2.24, 2.45) is 0 Å². The van der Waals surface area contributed by atoms with Crippen LogP contribution < -0.4 is 0 Å². The van der Waals surface area contributed by atoms with Crippen LogP contribution in [0.1, 0.15) is 10.7 Å². The van der Waals surface area contributed by atoms with E-state index in [-0.39, 0.29) is 12.8 Å². The molecule has 1 rings (SSSR count). The number of nitrogens with zero attached hydrogens (tertiary/aromatic N) is 1. The van der Waals surface area contributed by atoms with Crippen LogP contribution in [-0.4, -0.2) is 19.9 Å². The Kier molecular flexibility index (Phi) is 2.98. The Labute approximate surface area is 72.9 Å². The summed E-state index contributed by atoms with van der Waals surface area (Å²) in [4.78, 5) is 20.9. The molecule has 0 fully saturated rings. The largest absolute Gasteiger partial charge is 0.389 e. The minimum absolute atomic E-state index is 0.189. The molecule has 0 atom stereocenters. The maximum atomic E-state index is 10.5. The Morgan fingerprint density at radius 2 is 2.25 bits per heavy atom. The molecule has 0 amide bonds. The monoisotopic (exact) mass is 209 g/mol. The first-order valence-corrected chi connectivity index (χ1v) is 5.78. The van der Waals surface area contributed by atoms with E-state index in [0.29, 0.717) is 10.7 Å². The van der Waals surface area contributed by atoms with Gasteiger partial charge in [0.05, 0.1) is 18.5 Å². The molecule has 0 saturated heterocycles. The third-order valence-electron chi connectivity index (χ3n) is 1.10. The van der Waals surface area contributed by atoms with Gasteiger partial charge in [-0.1, -0.05) is 0 Å². The second-order valence-electron chi connectivity index (χ2n) is 2.21. The lowest BCUT2D eigenvalue weighted by atomic mass is 10.6. The van der Waals surface area contributed by atoms with Gasteiger partial charge in [0.25, 0.3) is 0 Å². The Bertz CT molecular complexity index is 306. The summed E-state index contributed by atoms with van der Waals surface area (Å²) in [5.74, 6) is 0. The lowest BCUT2D eigenvalue weighted by Crippen LogP contribution is -1.88. The van der Waals surface area contributed by atoms with E-state index in [0.717, 1.165) is 0 Å². The van der Waals surface area contributed by atoms with Crippen LogP contribution in [0, 0.1) is 0 Å². The first kappa shape index (κ1) is 9.83. The van der Waals surface area contributed by atoms with Gasteiger partial charge in [0.15, 0.2) is 0 Å². The summed E-state index contributed by atoms with van der Waals surface area (Å²) in [6.07, 6.45) is -0.358. The molecular formula is C5H8NO4PS. The van der Waals surface area contributed by atoms with Gasteiger partial charge in [-0.2, -0.15) is 0 Å². The smallest absolute Gasteiger partial charge is 0.331 e. The van der Waals surface area contributed by atoms with Gasteiger partial charge in [-0.25, -0.2) is 4.98 Å². The van der Waals surface area contributed by atoms with E-state index in [1.54, 1.807) is 0 Å². The molecular weight excluding hydrogens is 201 g/mol. The number of hydrogen-bond donors (Lipinski definition) is 3. The Morgan fingerprint density at radius 1 is 1.58 bits per heavy atom. The summed E-state index contributed by atoms with van der Waals surface area (Å²) in [7, 11) is -4.02. The quantitative estimate of drug-likeness (QED) is 0.623. The molecule has 0 aliphatic rings. The van der Waals surface area contributed by atoms with Gasteiger partial charge in [0.1, 0.15) is 5.01 Å². The number of aromatic nitrogens is 1. The van der Waals surface area contributed by atoms with Crippen molar-refractivity contribution in [2.75, 3.05) is 0 Å². The summed E-state index contributed by atoms with van der Waals surface area (Å²) in [5.41, 5.74) is 0.331. The fourth-order valence-corrected chi connectivity index (χ4v) is 2.07. The molecule has 3 N–H and O–H groups in total. The van der Waals surface area contributed by atoms with Crippen molar-refractivity contribution in [3.8, 4) is 0 Å². The lowest BCUT2D eigenvalue weighted by molar-refractivity contribution is 0.281. The predicted molar refractivity (Wildman–Crippen MR) is 43.8 cm³/mol. The highest BCUT2D eigenvalue weighted by molar-refractivity contribution is 7.50.